The zero-order valence-corrected chi connectivity index (χ0v) is 12.8. The van der Waals surface area contributed by atoms with Crippen LogP contribution in [-0.2, 0) is 4.74 Å². The van der Waals surface area contributed by atoms with E-state index in [4.69, 9.17) is 4.74 Å². The fourth-order valence-corrected chi connectivity index (χ4v) is 1.59. The monoisotopic (exact) mass is 310 g/mol. The van der Waals surface area contributed by atoms with Gasteiger partial charge in [0.05, 0.1) is 4.92 Å². The lowest BCUT2D eigenvalue weighted by Gasteiger charge is -2.19. The van der Waals surface area contributed by atoms with Gasteiger partial charge in [0.1, 0.15) is 5.60 Å². The molecule has 0 heterocycles. The molecule has 0 aliphatic carbocycles. The van der Waals surface area contributed by atoms with E-state index in [1.54, 1.807) is 26.8 Å². The molecule has 1 N–H and O–H groups in total. The second-order valence-corrected chi connectivity index (χ2v) is 5.56. The first kappa shape index (κ1) is 17.6. The van der Waals surface area contributed by atoms with Crippen LogP contribution in [0.5, 0.6) is 0 Å². The van der Waals surface area contributed by atoms with Crippen molar-refractivity contribution in [3.63, 3.8) is 0 Å². The summed E-state index contributed by atoms with van der Waals surface area (Å²) in [6.07, 6.45) is 2.99. The van der Waals surface area contributed by atoms with E-state index in [0.717, 1.165) is 6.07 Å². The number of nitrogens with zero attached hydrogens (tertiary/aromatic N) is 1. The summed E-state index contributed by atoms with van der Waals surface area (Å²) in [6, 6.07) is 3.97. The summed E-state index contributed by atoms with van der Waals surface area (Å²) >= 11 is 0. The predicted octanol–water partition coefficient (Wildman–Crippen LogP) is 3.66. The van der Waals surface area contributed by atoms with Crippen LogP contribution >= 0.6 is 0 Å². The van der Waals surface area contributed by atoms with Gasteiger partial charge in [-0.1, -0.05) is 24.3 Å². The van der Waals surface area contributed by atoms with Crippen LogP contribution in [0.15, 0.2) is 24.3 Å². The van der Waals surface area contributed by atoms with E-state index in [-0.39, 0.29) is 5.56 Å². The van der Waals surface area contributed by atoms with E-state index in [2.05, 4.69) is 5.32 Å². The maximum absolute atomic E-state index is 13.8. The summed E-state index contributed by atoms with van der Waals surface area (Å²) in [5.41, 5.74) is -0.994. The molecule has 0 aromatic heterocycles. The molecule has 0 unspecified atom stereocenters. The van der Waals surface area contributed by atoms with E-state index in [0.29, 0.717) is 13.0 Å². The average molecular weight is 310 g/mol. The van der Waals surface area contributed by atoms with Gasteiger partial charge in [0.2, 0.25) is 5.82 Å². The minimum Gasteiger partial charge on any atom is -0.444 e. The highest BCUT2D eigenvalue weighted by Crippen LogP contribution is 2.21. The van der Waals surface area contributed by atoms with E-state index < -0.39 is 28.1 Å². The molecule has 0 radical (unpaired) electrons. The number of carbonyl (C=O) groups excluding carboxylic acids is 1. The quantitative estimate of drug-likeness (QED) is 0.511. The number of nitro benzene ring substituents is 1. The average Bonchev–Trinajstić information content (AvgIpc) is 2.37. The number of benzene rings is 1. The molecule has 1 aromatic carbocycles. The van der Waals surface area contributed by atoms with Crippen molar-refractivity contribution in [3.8, 4) is 0 Å². The highest BCUT2D eigenvalue weighted by molar-refractivity contribution is 5.67. The van der Waals surface area contributed by atoms with Crippen molar-refractivity contribution >= 4 is 17.9 Å². The van der Waals surface area contributed by atoms with Crippen molar-refractivity contribution in [2.45, 2.75) is 32.8 Å². The molecule has 0 spiro atoms. The number of ether oxygens (including phenoxy) is 1. The summed E-state index contributed by atoms with van der Waals surface area (Å²) < 4.78 is 18.8. The molecule has 1 aromatic rings. The smallest absolute Gasteiger partial charge is 0.407 e. The van der Waals surface area contributed by atoms with E-state index in [9.17, 15) is 19.3 Å². The summed E-state index contributed by atoms with van der Waals surface area (Å²) in [7, 11) is 0. The van der Waals surface area contributed by atoms with Gasteiger partial charge in [0.15, 0.2) is 0 Å². The van der Waals surface area contributed by atoms with Crippen molar-refractivity contribution in [2.24, 2.45) is 0 Å². The predicted molar refractivity (Wildman–Crippen MR) is 80.9 cm³/mol. The number of nitrogens with one attached hydrogen (secondary N) is 1. The van der Waals surface area contributed by atoms with Gasteiger partial charge in [-0.2, -0.15) is 4.39 Å². The number of halogens is 1. The van der Waals surface area contributed by atoms with Gasteiger partial charge < -0.3 is 10.1 Å². The summed E-state index contributed by atoms with van der Waals surface area (Å²) in [4.78, 5) is 21.2. The first-order valence-electron chi connectivity index (χ1n) is 6.77. The van der Waals surface area contributed by atoms with Gasteiger partial charge in [-0.05, 0) is 27.2 Å². The second kappa shape index (κ2) is 7.53. The summed E-state index contributed by atoms with van der Waals surface area (Å²) in [5.74, 6) is -0.871. The van der Waals surface area contributed by atoms with Gasteiger partial charge in [-0.3, -0.25) is 10.1 Å². The SMILES string of the molecule is CC(C)(C)OC(=O)NCCC=Cc1cccc([N+](=O)[O-])c1F. The number of alkyl carbamates (subject to hydrolysis) is 1. The third kappa shape index (κ3) is 5.90. The number of hydrogen-bond acceptors (Lipinski definition) is 4. The Morgan fingerprint density at radius 3 is 2.73 bits per heavy atom. The van der Waals surface area contributed by atoms with Crippen LogP contribution in [0.1, 0.15) is 32.8 Å². The van der Waals surface area contributed by atoms with Gasteiger partial charge in [0, 0.05) is 18.2 Å². The Bertz CT molecular complexity index is 579. The van der Waals surface area contributed by atoms with Crippen LogP contribution in [0.2, 0.25) is 0 Å². The first-order valence-corrected chi connectivity index (χ1v) is 6.77. The Balaban J connectivity index is 2.49. The lowest BCUT2D eigenvalue weighted by molar-refractivity contribution is -0.387. The van der Waals surface area contributed by atoms with Crippen molar-refractivity contribution in [1.29, 1.82) is 0 Å². The summed E-state index contributed by atoms with van der Waals surface area (Å²) in [5, 5.41) is 13.2. The molecular formula is C15H19FN2O4. The Morgan fingerprint density at radius 1 is 1.45 bits per heavy atom. The first-order chi connectivity index (χ1) is 10.2. The molecule has 0 aliphatic heterocycles. The summed E-state index contributed by atoms with van der Waals surface area (Å²) in [6.45, 7) is 5.61. The van der Waals surface area contributed by atoms with Gasteiger partial charge in [0.25, 0.3) is 0 Å². The number of nitro groups is 1. The molecule has 120 valence electrons. The maximum Gasteiger partial charge on any atom is 0.407 e. The van der Waals surface area contributed by atoms with Gasteiger partial charge >= 0.3 is 11.8 Å². The van der Waals surface area contributed by atoms with Crippen LogP contribution in [0, 0.1) is 15.9 Å². The van der Waals surface area contributed by atoms with E-state index >= 15 is 0 Å². The van der Waals surface area contributed by atoms with Crippen molar-refractivity contribution in [3.05, 3.63) is 45.8 Å². The Hall–Kier alpha value is -2.44. The number of carbonyl (C=O) groups is 1. The molecule has 6 nitrogen and oxygen atoms in total. The third-order valence-corrected chi connectivity index (χ3v) is 2.48. The van der Waals surface area contributed by atoms with Gasteiger partial charge in [-0.15, -0.1) is 0 Å². The highest BCUT2D eigenvalue weighted by Gasteiger charge is 2.16. The van der Waals surface area contributed by atoms with Crippen LogP contribution < -0.4 is 5.32 Å². The van der Waals surface area contributed by atoms with E-state index in [1.807, 2.05) is 0 Å². The lowest BCUT2D eigenvalue weighted by atomic mass is 10.1. The molecular weight excluding hydrogens is 291 g/mol. The Kier molecular flexibility index (Phi) is 6.03. The molecule has 0 saturated carbocycles. The van der Waals surface area contributed by atoms with Crippen molar-refractivity contribution < 1.29 is 18.8 Å². The highest BCUT2D eigenvalue weighted by atomic mass is 19.1. The van der Waals surface area contributed by atoms with Crippen molar-refractivity contribution in [2.75, 3.05) is 6.54 Å². The van der Waals surface area contributed by atoms with Crippen LogP contribution in [0.3, 0.4) is 0 Å². The molecule has 22 heavy (non-hydrogen) atoms. The molecule has 0 atom stereocenters. The number of rotatable bonds is 5. The third-order valence-electron chi connectivity index (χ3n) is 2.48. The molecule has 1 amide bonds. The van der Waals surface area contributed by atoms with Crippen LogP contribution in [0.4, 0.5) is 14.9 Å². The zero-order chi connectivity index (χ0) is 16.8. The molecule has 0 aliphatic rings. The topological polar surface area (TPSA) is 81.5 Å². The Labute approximate surface area is 128 Å². The van der Waals surface area contributed by atoms with Crippen LogP contribution in [0.25, 0.3) is 6.08 Å². The number of hydrogen-bond donors (Lipinski definition) is 1. The van der Waals surface area contributed by atoms with Crippen LogP contribution in [-0.4, -0.2) is 23.2 Å². The lowest BCUT2D eigenvalue weighted by Crippen LogP contribution is -2.32. The molecule has 0 saturated heterocycles. The minimum atomic E-state index is -0.871. The molecule has 0 bridgehead atoms. The molecule has 7 heteroatoms. The molecule has 1 rings (SSSR count). The fourth-order valence-electron chi connectivity index (χ4n) is 1.59. The Morgan fingerprint density at radius 2 is 2.14 bits per heavy atom. The molecule has 0 fully saturated rings. The normalized spacial score (nSPS) is 11.5. The van der Waals surface area contributed by atoms with Gasteiger partial charge in [-0.25, -0.2) is 4.79 Å². The largest absolute Gasteiger partial charge is 0.444 e. The fraction of sp³-hybridized carbons (Fsp3) is 0.400. The second-order valence-electron chi connectivity index (χ2n) is 5.56. The van der Waals surface area contributed by atoms with E-state index in [1.165, 1.54) is 18.2 Å². The standard InChI is InChI=1S/C15H19FN2O4/c1-15(2,3)22-14(19)17-10-5-4-7-11-8-6-9-12(13(11)16)18(20)21/h4,6-9H,5,10H2,1-3H3,(H,17,19). The zero-order valence-electron chi connectivity index (χ0n) is 12.8. The number of amides is 1. The van der Waals surface area contributed by atoms with Crippen molar-refractivity contribution in [1.82, 2.24) is 5.32 Å². The maximum atomic E-state index is 13.8. The minimum absolute atomic E-state index is 0.131.